The van der Waals surface area contributed by atoms with Gasteiger partial charge in [-0.3, -0.25) is 4.79 Å². The maximum atomic E-state index is 12.1. The Morgan fingerprint density at radius 1 is 0.826 bits per heavy atom. The topological polar surface area (TPSA) is 22.0 Å². The molecule has 23 heavy (non-hydrogen) atoms. The van der Waals surface area contributed by atoms with E-state index in [1.807, 2.05) is 24.3 Å². The Morgan fingerprint density at radius 3 is 1.96 bits per heavy atom. The molecule has 2 nitrogen and oxygen atoms in total. The summed E-state index contributed by atoms with van der Waals surface area (Å²) in [5.74, 6) is 0.0851. The van der Waals surface area contributed by atoms with Gasteiger partial charge in [-0.15, -0.1) is 0 Å². The minimum absolute atomic E-state index is 0.0851. The standard InChI is InChI=1S/C21H17NO/c1-14-11-12-16(15(2)23)21(13-14)22-19-9-5-3-7-17(19)18-8-4-6-10-20(18)22/h3-13H,1-2H3. The summed E-state index contributed by atoms with van der Waals surface area (Å²) in [5.41, 5.74) is 5.10. The molecule has 0 unspecified atom stereocenters. The van der Waals surface area contributed by atoms with E-state index in [1.54, 1.807) is 6.92 Å². The van der Waals surface area contributed by atoms with E-state index in [0.29, 0.717) is 0 Å². The van der Waals surface area contributed by atoms with Crippen molar-refractivity contribution in [3.05, 3.63) is 77.9 Å². The fourth-order valence-corrected chi connectivity index (χ4v) is 3.31. The van der Waals surface area contributed by atoms with Gasteiger partial charge < -0.3 is 4.57 Å². The predicted octanol–water partition coefficient (Wildman–Crippen LogP) is 5.29. The molecule has 0 amide bonds. The van der Waals surface area contributed by atoms with Crippen molar-refractivity contribution in [3.8, 4) is 5.69 Å². The van der Waals surface area contributed by atoms with Crippen LogP contribution in [-0.2, 0) is 0 Å². The average molecular weight is 299 g/mol. The first kappa shape index (κ1) is 13.8. The smallest absolute Gasteiger partial charge is 0.161 e. The monoisotopic (exact) mass is 299 g/mol. The molecule has 4 aromatic rings. The number of aryl methyl sites for hydroxylation is 1. The van der Waals surface area contributed by atoms with Crippen molar-refractivity contribution in [2.45, 2.75) is 13.8 Å². The lowest BCUT2D eigenvalue weighted by atomic mass is 10.1. The van der Waals surface area contributed by atoms with Crippen molar-refractivity contribution in [2.75, 3.05) is 0 Å². The molecule has 0 radical (unpaired) electrons. The van der Waals surface area contributed by atoms with Crippen LogP contribution in [0.5, 0.6) is 0 Å². The molecule has 4 rings (SSSR count). The van der Waals surface area contributed by atoms with Crippen LogP contribution in [-0.4, -0.2) is 10.4 Å². The summed E-state index contributed by atoms with van der Waals surface area (Å²) in [6, 6.07) is 22.7. The van der Waals surface area contributed by atoms with Crippen LogP contribution < -0.4 is 0 Å². The van der Waals surface area contributed by atoms with Crippen LogP contribution in [0.15, 0.2) is 66.7 Å². The largest absolute Gasteiger partial charge is 0.309 e. The first-order valence-electron chi connectivity index (χ1n) is 7.77. The first-order chi connectivity index (χ1) is 11.2. The van der Waals surface area contributed by atoms with Gasteiger partial charge in [-0.25, -0.2) is 0 Å². The second-order valence-corrected chi connectivity index (χ2v) is 5.95. The summed E-state index contributed by atoms with van der Waals surface area (Å²) in [7, 11) is 0. The number of fused-ring (bicyclic) bond motifs is 3. The zero-order chi connectivity index (χ0) is 16.0. The van der Waals surface area contributed by atoms with E-state index in [1.165, 1.54) is 10.8 Å². The molecule has 0 N–H and O–H groups in total. The number of benzene rings is 3. The molecule has 1 aromatic heterocycles. The van der Waals surface area contributed by atoms with Crippen LogP contribution in [0.1, 0.15) is 22.8 Å². The van der Waals surface area contributed by atoms with Crippen LogP contribution in [0.2, 0.25) is 0 Å². The second-order valence-electron chi connectivity index (χ2n) is 5.95. The molecule has 112 valence electrons. The highest BCUT2D eigenvalue weighted by molar-refractivity contribution is 6.10. The summed E-state index contributed by atoms with van der Waals surface area (Å²) >= 11 is 0. The molecule has 1 heterocycles. The molecule has 0 saturated heterocycles. The van der Waals surface area contributed by atoms with Gasteiger partial charge in [-0.1, -0.05) is 42.5 Å². The van der Waals surface area contributed by atoms with Crippen molar-refractivity contribution in [3.63, 3.8) is 0 Å². The van der Waals surface area contributed by atoms with Gasteiger partial charge in [0.2, 0.25) is 0 Å². The molecule has 0 aliphatic carbocycles. The predicted molar refractivity (Wildman–Crippen MR) is 95.5 cm³/mol. The van der Waals surface area contributed by atoms with Gasteiger partial charge in [-0.05, 0) is 43.7 Å². The molecule has 0 aliphatic rings. The number of aromatic nitrogens is 1. The Kier molecular flexibility index (Phi) is 3.05. The molecule has 0 atom stereocenters. The normalized spacial score (nSPS) is 11.2. The van der Waals surface area contributed by atoms with E-state index in [9.17, 15) is 4.79 Å². The number of carbonyl (C=O) groups is 1. The molecule has 0 spiro atoms. The van der Waals surface area contributed by atoms with Crippen molar-refractivity contribution in [1.82, 2.24) is 4.57 Å². The zero-order valence-electron chi connectivity index (χ0n) is 13.2. The van der Waals surface area contributed by atoms with Gasteiger partial charge in [0.25, 0.3) is 0 Å². The van der Waals surface area contributed by atoms with Crippen LogP contribution in [0.4, 0.5) is 0 Å². The number of hydrogen-bond donors (Lipinski definition) is 0. The minimum Gasteiger partial charge on any atom is -0.309 e. The quantitative estimate of drug-likeness (QED) is 0.461. The fraction of sp³-hybridized carbons (Fsp3) is 0.0952. The number of ketones is 1. The summed E-state index contributed by atoms with van der Waals surface area (Å²) in [6.07, 6.45) is 0. The Hall–Kier alpha value is -2.87. The van der Waals surface area contributed by atoms with E-state index in [-0.39, 0.29) is 5.78 Å². The van der Waals surface area contributed by atoms with Crippen LogP contribution in [0.25, 0.3) is 27.5 Å². The highest BCUT2D eigenvalue weighted by atomic mass is 16.1. The van der Waals surface area contributed by atoms with E-state index >= 15 is 0 Å². The number of para-hydroxylation sites is 2. The van der Waals surface area contributed by atoms with Crippen LogP contribution in [0.3, 0.4) is 0 Å². The Morgan fingerprint density at radius 2 is 1.39 bits per heavy atom. The fourth-order valence-electron chi connectivity index (χ4n) is 3.31. The molecular weight excluding hydrogens is 282 g/mol. The summed E-state index contributed by atoms with van der Waals surface area (Å²) in [4.78, 5) is 12.1. The Balaban J connectivity index is 2.21. The maximum Gasteiger partial charge on any atom is 0.161 e. The Labute approximate surface area is 135 Å². The highest BCUT2D eigenvalue weighted by Gasteiger charge is 2.15. The third kappa shape index (κ3) is 2.07. The molecule has 0 aliphatic heterocycles. The van der Waals surface area contributed by atoms with Gasteiger partial charge in [0.1, 0.15) is 0 Å². The average Bonchev–Trinajstić information content (AvgIpc) is 2.89. The van der Waals surface area contributed by atoms with E-state index in [0.717, 1.165) is 27.8 Å². The lowest BCUT2D eigenvalue weighted by Crippen LogP contribution is -2.03. The van der Waals surface area contributed by atoms with E-state index in [2.05, 4.69) is 54.0 Å². The van der Waals surface area contributed by atoms with Gasteiger partial charge in [0.15, 0.2) is 5.78 Å². The first-order valence-corrected chi connectivity index (χ1v) is 7.77. The van der Waals surface area contributed by atoms with Crippen molar-refractivity contribution >= 4 is 27.6 Å². The molecule has 0 bridgehead atoms. The van der Waals surface area contributed by atoms with Gasteiger partial charge in [-0.2, -0.15) is 0 Å². The third-order valence-electron chi connectivity index (χ3n) is 4.35. The lowest BCUT2D eigenvalue weighted by molar-refractivity contribution is 0.101. The van der Waals surface area contributed by atoms with Gasteiger partial charge in [0, 0.05) is 16.3 Å². The molecule has 3 aromatic carbocycles. The van der Waals surface area contributed by atoms with Crippen molar-refractivity contribution < 1.29 is 4.79 Å². The van der Waals surface area contributed by atoms with Crippen LogP contribution in [0, 0.1) is 6.92 Å². The number of nitrogens with zero attached hydrogens (tertiary/aromatic N) is 1. The van der Waals surface area contributed by atoms with E-state index < -0.39 is 0 Å². The minimum atomic E-state index is 0.0851. The highest BCUT2D eigenvalue weighted by Crippen LogP contribution is 2.33. The Bertz CT molecular complexity index is 1000. The lowest BCUT2D eigenvalue weighted by Gasteiger charge is -2.13. The maximum absolute atomic E-state index is 12.1. The van der Waals surface area contributed by atoms with Crippen molar-refractivity contribution in [1.29, 1.82) is 0 Å². The number of rotatable bonds is 2. The summed E-state index contributed by atoms with van der Waals surface area (Å²) < 4.78 is 2.20. The molecule has 2 heteroatoms. The number of Topliss-reactive ketones (excluding diaryl/α,β-unsaturated/α-hetero) is 1. The molecular formula is C21H17NO. The summed E-state index contributed by atoms with van der Waals surface area (Å²) in [5, 5.41) is 2.42. The SMILES string of the molecule is CC(=O)c1ccc(C)cc1-n1c2ccccc2c2ccccc21. The van der Waals surface area contributed by atoms with Gasteiger partial charge >= 0.3 is 0 Å². The zero-order valence-corrected chi connectivity index (χ0v) is 13.2. The van der Waals surface area contributed by atoms with Gasteiger partial charge in [0.05, 0.1) is 16.7 Å². The number of hydrogen-bond acceptors (Lipinski definition) is 1. The summed E-state index contributed by atoms with van der Waals surface area (Å²) in [6.45, 7) is 3.68. The van der Waals surface area contributed by atoms with E-state index in [4.69, 9.17) is 0 Å². The number of carbonyl (C=O) groups excluding carboxylic acids is 1. The third-order valence-corrected chi connectivity index (χ3v) is 4.35. The molecule has 0 saturated carbocycles. The van der Waals surface area contributed by atoms with Crippen molar-refractivity contribution in [2.24, 2.45) is 0 Å². The molecule has 0 fully saturated rings. The van der Waals surface area contributed by atoms with Crippen LogP contribution >= 0.6 is 0 Å². The second kappa shape index (κ2) is 5.10.